The first kappa shape index (κ1) is 18.7. The highest BCUT2D eigenvalue weighted by atomic mass is 16.5. The van der Waals surface area contributed by atoms with Crippen molar-refractivity contribution in [1.82, 2.24) is 14.8 Å². The lowest BCUT2D eigenvalue weighted by Crippen LogP contribution is -2.45. The van der Waals surface area contributed by atoms with Crippen molar-refractivity contribution in [1.29, 1.82) is 0 Å². The number of fused-ring (bicyclic) bond motifs is 1. The molecule has 1 aromatic carbocycles. The fraction of sp³-hybridized carbons (Fsp3) is 0.500. The molecule has 2 fully saturated rings. The molecule has 0 spiro atoms. The van der Waals surface area contributed by atoms with Crippen LogP contribution in [0.2, 0.25) is 0 Å². The number of piperidine rings is 2. The Labute approximate surface area is 165 Å². The van der Waals surface area contributed by atoms with Gasteiger partial charge in [0.25, 0.3) is 5.91 Å². The highest BCUT2D eigenvalue weighted by Crippen LogP contribution is 2.24. The number of nitrogens with zero attached hydrogens (tertiary/aromatic N) is 3. The first-order valence-electron chi connectivity index (χ1n) is 10.2. The van der Waals surface area contributed by atoms with Gasteiger partial charge in [0.05, 0.1) is 12.6 Å². The average molecular weight is 381 g/mol. The SMILES string of the molecule is COc1ccc2nc(C(=O)N3CCC(C(=O)N4CCCCC4)CC3)ccc2c1. The molecule has 2 amide bonds. The first-order chi connectivity index (χ1) is 13.7. The number of likely N-dealkylation sites (tertiary alicyclic amines) is 2. The van der Waals surface area contributed by atoms with Gasteiger partial charge in [-0.3, -0.25) is 9.59 Å². The summed E-state index contributed by atoms with van der Waals surface area (Å²) in [5.41, 5.74) is 1.24. The molecule has 4 rings (SSSR count). The molecule has 28 heavy (non-hydrogen) atoms. The Balaban J connectivity index is 1.39. The first-order valence-corrected chi connectivity index (χ1v) is 10.2. The Morgan fingerprint density at radius 2 is 1.71 bits per heavy atom. The maximum absolute atomic E-state index is 12.9. The number of aromatic nitrogens is 1. The van der Waals surface area contributed by atoms with E-state index in [1.807, 2.05) is 34.1 Å². The van der Waals surface area contributed by atoms with Crippen LogP contribution in [0, 0.1) is 5.92 Å². The van der Waals surface area contributed by atoms with E-state index in [-0.39, 0.29) is 17.7 Å². The van der Waals surface area contributed by atoms with Gasteiger partial charge in [0.1, 0.15) is 11.4 Å². The van der Waals surface area contributed by atoms with Crippen LogP contribution in [0.3, 0.4) is 0 Å². The summed E-state index contributed by atoms with van der Waals surface area (Å²) in [4.78, 5) is 34.0. The van der Waals surface area contributed by atoms with E-state index < -0.39 is 0 Å². The number of ether oxygens (including phenoxy) is 1. The fourth-order valence-electron chi connectivity index (χ4n) is 4.21. The maximum atomic E-state index is 12.9. The minimum Gasteiger partial charge on any atom is -0.497 e. The molecule has 2 saturated heterocycles. The summed E-state index contributed by atoms with van der Waals surface area (Å²) in [6.45, 7) is 3.02. The van der Waals surface area contributed by atoms with E-state index in [0.29, 0.717) is 18.8 Å². The molecule has 6 heteroatoms. The minimum absolute atomic E-state index is 0.0541. The van der Waals surface area contributed by atoms with Crippen LogP contribution >= 0.6 is 0 Å². The van der Waals surface area contributed by atoms with Crippen LogP contribution in [-0.4, -0.2) is 59.9 Å². The molecule has 3 heterocycles. The third kappa shape index (κ3) is 3.81. The topological polar surface area (TPSA) is 62.7 Å². The molecule has 0 atom stereocenters. The van der Waals surface area contributed by atoms with Crippen molar-refractivity contribution in [2.75, 3.05) is 33.3 Å². The van der Waals surface area contributed by atoms with Gasteiger partial charge in [-0.25, -0.2) is 4.98 Å². The standard InChI is InChI=1S/C22H27N3O3/c1-28-18-6-8-19-17(15-18)5-7-20(23-19)22(27)25-13-9-16(10-14-25)21(26)24-11-3-2-4-12-24/h5-8,15-16H,2-4,9-14H2,1H3. The highest BCUT2D eigenvalue weighted by molar-refractivity contribution is 5.95. The largest absolute Gasteiger partial charge is 0.497 e. The van der Waals surface area contributed by atoms with E-state index in [1.54, 1.807) is 13.2 Å². The lowest BCUT2D eigenvalue weighted by atomic mass is 9.94. The zero-order valence-corrected chi connectivity index (χ0v) is 16.4. The molecule has 0 radical (unpaired) electrons. The average Bonchev–Trinajstić information content (AvgIpc) is 2.78. The fourth-order valence-corrected chi connectivity index (χ4v) is 4.21. The quantitative estimate of drug-likeness (QED) is 0.820. The maximum Gasteiger partial charge on any atom is 0.272 e. The summed E-state index contributed by atoms with van der Waals surface area (Å²) >= 11 is 0. The van der Waals surface area contributed by atoms with Gasteiger partial charge in [-0.1, -0.05) is 6.07 Å². The molecule has 0 unspecified atom stereocenters. The molecule has 2 aromatic rings. The number of carbonyl (C=O) groups excluding carboxylic acids is 2. The lowest BCUT2D eigenvalue weighted by Gasteiger charge is -2.35. The summed E-state index contributed by atoms with van der Waals surface area (Å²) in [5.74, 6) is 1.05. The van der Waals surface area contributed by atoms with Crippen molar-refractivity contribution < 1.29 is 14.3 Å². The van der Waals surface area contributed by atoms with Gasteiger partial charge in [-0.05, 0) is 56.4 Å². The van der Waals surface area contributed by atoms with Crippen LogP contribution < -0.4 is 4.74 Å². The summed E-state index contributed by atoms with van der Waals surface area (Å²) in [6, 6.07) is 9.31. The van der Waals surface area contributed by atoms with Gasteiger partial charge < -0.3 is 14.5 Å². The van der Waals surface area contributed by atoms with Crippen molar-refractivity contribution >= 4 is 22.7 Å². The van der Waals surface area contributed by atoms with Gasteiger partial charge in [-0.2, -0.15) is 0 Å². The molecule has 2 aliphatic rings. The van der Waals surface area contributed by atoms with Crippen molar-refractivity contribution in [3.8, 4) is 5.75 Å². The van der Waals surface area contributed by atoms with Crippen molar-refractivity contribution in [3.63, 3.8) is 0 Å². The molecule has 1 aromatic heterocycles. The summed E-state index contributed by atoms with van der Waals surface area (Å²) < 4.78 is 5.23. The van der Waals surface area contributed by atoms with Crippen molar-refractivity contribution in [3.05, 3.63) is 36.0 Å². The van der Waals surface area contributed by atoms with Crippen LogP contribution in [0.4, 0.5) is 0 Å². The third-order valence-electron chi connectivity index (χ3n) is 5.91. The smallest absolute Gasteiger partial charge is 0.272 e. The Morgan fingerprint density at radius 1 is 0.964 bits per heavy atom. The van der Waals surface area contributed by atoms with Crippen LogP contribution in [0.15, 0.2) is 30.3 Å². The van der Waals surface area contributed by atoms with Crippen molar-refractivity contribution in [2.45, 2.75) is 32.1 Å². The third-order valence-corrected chi connectivity index (χ3v) is 5.91. The molecular weight excluding hydrogens is 354 g/mol. The van der Waals surface area contributed by atoms with Gasteiger partial charge in [0.2, 0.25) is 5.91 Å². The van der Waals surface area contributed by atoms with Crippen molar-refractivity contribution in [2.24, 2.45) is 5.92 Å². The molecule has 0 aliphatic carbocycles. The van der Waals surface area contributed by atoms with Gasteiger partial charge in [0.15, 0.2) is 0 Å². The van der Waals surface area contributed by atoms with Gasteiger partial charge in [0, 0.05) is 37.5 Å². The second kappa shape index (κ2) is 8.17. The number of hydrogen-bond donors (Lipinski definition) is 0. The monoisotopic (exact) mass is 381 g/mol. The predicted octanol–water partition coefficient (Wildman–Crippen LogP) is 3.11. The van der Waals surface area contributed by atoms with E-state index in [2.05, 4.69) is 4.98 Å². The van der Waals surface area contributed by atoms with Gasteiger partial charge in [-0.15, -0.1) is 0 Å². The van der Waals surface area contributed by atoms with Crippen LogP contribution in [-0.2, 0) is 4.79 Å². The number of pyridine rings is 1. The van der Waals surface area contributed by atoms with Crippen LogP contribution in [0.5, 0.6) is 5.75 Å². The van der Waals surface area contributed by atoms with Crippen LogP contribution in [0.1, 0.15) is 42.6 Å². The molecule has 148 valence electrons. The normalized spacial score (nSPS) is 18.3. The van der Waals surface area contributed by atoms with Gasteiger partial charge >= 0.3 is 0 Å². The zero-order chi connectivity index (χ0) is 19.5. The number of carbonyl (C=O) groups is 2. The molecular formula is C22H27N3O3. The number of amides is 2. The van der Waals surface area contributed by atoms with E-state index in [9.17, 15) is 9.59 Å². The number of rotatable bonds is 3. The zero-order valence-electron chi connectivity index (χ0n) is 16.4. The lowest BCUT2D eigenvalue weighted by molar-refractivity contribution is -0.137. The number of hydrogen-bond acceptors (Lipinski definition) is 4. The molecule has 0 bridgehead atoms. The Kier molecular flexibility index (Phi) is 5.46. The molecule has 0 N–H and O–H groups in total. The second-order valence-electron chi connectivity index (χ2n) is 7.71. The Bertz CT molecular complexity index is 868. The van der Waals surface area contributed by atoms with E-state index in [0.717, 1.165) is 55.4 Å². The molecule has 0 saturated carbocycles. The minimum atomic E-state index is -0.0541. The van der Waals surface area contributed by atoms with E-state index in [4.69, 9.17) is 4.74 Å². The molecule has 2 aliphatic heterocycles. The number of benzene rings is 1. The summed E-state index contributed by atoms with van der Waals surface area (Å²) in [7, 11) is 1.63. The second-order valence-corrected chi connectivity index (χ2v) is 7.71. The van der Waals surface area contributed by atoms with E-state index >= 15 is 0 Å². The summed E-state index contributed by atoms with van der Waals surface area (Å²) in [6.07, 6.45) is 4.94. The Morgan fingerprint density at radius 3 is 2.43 bits per heavy atom. The van der Waals surface area contributed by atoms with Crippen LogP contribution in [0.25, 0.3) is 10.9 Å². The Hall–Kier alpha value is -2.63. The summed E-state index contributed by atoms with van der Waals surface area (Å²) in [5, 5.41) is 0.946. The number of methoxy groups -OCH3 is 1. The predicted molar refractivity (Wildman–Crippen MR) is 107 cm³/mol. The highest BCUT2D eigenvalue weighted by Gasteiger charge is 2.31. The van der Waals surface area contributed by atoms with E-state index in [1.165, 1.54) is 6.42 Å². The molecule has 6 nitrogen and oxygen atoms in total.